The number of hydrogen-bond acceptors (Lipinski definition) is 2. The summed E-state index contributed by atoms with van der Waals surface area (Å²) in [5.74, 6) is 0.0810. The molecule has 1 aliphatic heterocycles. The summed E-state index contributed by atoms with van der Waals surface area (Å²) in [6.45, 7) is 0.522. The number of ether oxygens (including phenoxy) is 2. The first-order chi connectivity index (χ1) is 8.54. The quantitative estimate of drug-likeness (QED) is 0.710. The van der Waals surface area contributed by atoms with Gasteiger partial charge >= 0.3 is 10.2 Å². The molecule has 8 heteroatoms. The topological polar surface area (TPSA) is 18.5 Å². The first-order valence-electron chi connectivity index (χ1n) is 5.67. The van der Waals surface area contributed by atoms with Crippen molar-refractivity contribution in [3.63, 3.8) is 0 Å². The predicted molar refractivity (Wildman–Crippen MR) is 62.1 cm³/mol. The summed E-state index contributed by atoms with van der Waals surface area (Å²) in [5.41, 5.74) is 0. The molecule has 0 spiro atoms. The maximum atomic E-state index is 12.5. The van der Waals surface area contributed by atoms with Crippen LogP contribution in [0.25, 0.3) is 0 Å². The van der Waals surface area contributed by atoms with Gasteiger partial charge in [-0.25, -0.2) is 0 Å². The summed E-state index contributed by atoms with van der Waals surface area (Å²) < 4.78 is 72.9. The summed E-state index contributed by atoms with van der Waals surface area (Å²) in [6, 6.07) is 2.43. The van der Waals surface area contributed by atoms with Crippen LogP contribution in [0, 0.1) is 0 Å². The Bertz CT molecular complexity index is 450. The van der Waals surface area contributed by atoms with Gasteiger partial charge in [0.15, 0.2) is 6.29 Å². The summed E-state index contributed by atoms with van der Waals surface area (Å²) in [4.78, 5) is -1.92. The van der Waals surface area contributed by atoms with Gasteiger partial charge in [0.05, 0.1) is 6.61 Å². The second-order valence-electron chi connectivity index (χ2n) is 4.35. The molecule has 19 heavy (non-hydrogen) atoms. The van der Waals surface area contributed by atoms with Crippen LogP contribution >= 0.6 is 10.2 Å². The Morgan fingerprint density at radius 3 is 2.11 bits per heavy atom. The van der Waals surface area contributed by atoms with Crippen LogP contribution in [0.4, 0.5) is 19.4 Å². The molecule has 1 aromatic carbocycles. The van der Waals surface area contributed by atoms with E-state index in [4.69, 9.17) is 9.47 Å². The molecule has 110 valence electrons. The molecule has 0 radical (unpaired) electrons. The molecule has 1 aliphatic rings. The zero-order valence-electron chi connectivity index (χ0n) is 9.83. The third-order valence-electron chi connectivity index (χ3n) is 2.67. The monoisotopic (exact) mass is 304 g/mol. The van der Waals surface area contributed by atoms with Crippen molar-refractivity contribution in [2.24, 2.45) is 0 Å². The van der Waals surface area contributed by atoms with Crippen molar-refractivity contribution in [2.75, 3.05) is 6.61 Å². The maximum Gasteiger partial charge on any atom is 0.310 e. The van der Waals surface area contributed by atoms with Gasteiger partial charge < -0.3 is 9.47 Å². The minimum absolute atomic E-state index is 0.0810. The van der Waals surface area contributed by atoms with Gasteiger partial charge in [-0.1, -0.05) is 19.4 Å². The third kappa shape index (κ3) is 3.97. The highest BCUT2D eigenvalue weighted by molar-refractivity contribution is 8.45. The molecular weight excluding hydrogens is 291 g/mol. The van der Waals surface area contributed by atoms with E-state index in [-0.39, 0.29) is 5.75 Å². The van der Waals surface area contributed by atoms with E-state index in [1.54, 1.807) is 0 Å². The Kier molecular flexibility index (Phi) is 3.02. The van der Waals surface area contributed by atoms with Gasteiger partial charge in [-0.2, -0.15) is 0 Å². The molecular formula is C11H13F5O2S. The van der Waals surface area contributed by atoms with Crippen LogP contribution in [0.1, 0.15) is 19.3 Å². The van der Waals surface area contributed by atoms with E-state index in [0.717, 1.165) is 25.0 Å². The number of rotatable bonds is 3. The van der Waals surface area contributed by atoms with E-state index in [1.165, 1.54) is 0 Å². The largest absolute Gasteiger partial charge is 0.465 e. The van der Waals surface area contributed by atoms with Gasteiger partial charge in [0.2, 0.25) is 0 Å². The van der Waals surface area contributed by atoms with Crippen LogP contribution in [-0.2, 0) is 4.74 Å². The molecule has 1 saturated heterocycles. The fraction of sp³-hybridized carbons (Fsp3) is 0.455. The van der Waals surface area contributed by atoms with Crippen LogP contribution in [0.15, 0.2) is 29.2 Å². The van der Waals surface area contributed by atoms with Crippen molar-refractivity contribution in [1.29, 1.82) is 0 Å². The van der Waals surface area contributed by atoms with Gasteiger partial charge in [0.25, 0.3) is 0 Å². The van der Waals surface area contributed by atoms with Crippen LogP contribution in [0.5, 0.6) is 5.75 Å². The Morgan fingerprint density at radius 1 is 1.00 bits per heavy atom. The van der Waals surface area contributed by atoms with E-state index in [1.807, 2.05) is 0 Å². The summed E-state index contributed by atoms with van der Waals surface area (Å²) in [5, 5.41) is 0. The fourth-order valence-corrected chi connectivity index (χ4v) is 2.38. The van der Waals surface area contributed by atoms with E-state index in [2.05, 4.69) is 0 Å². The second kappa shape index (κ2) is 3.99. The highest BCUT2D eigenvalue weighted by atomic mass is 32.5. The highest BCUT2D eigenvalue weighted by Gasteiger charge is 2.65. The Labute approximate surface area is 107 Å². The first kappa shape index (κ1) is 14.4. The van der Waals surface area contributed by atoms with E-state index >= 15 is 0 Å². The van der Waals surface area contributed by atoms with Crippen LogP contribution < -0.4 is 4.74 Å². The van der Waals surface area contributed by atoms with Crippen molar-refractivity contribution in [2.45, 2.75) is 30.4 Å². The number of halogens is 5. The highest BCUT2D eigenvalue weighted by Crippen LogP contribution is 3.02. The lowest BCUT2D eigenvalue weighted by Crippen LogP contribution is -2.24. The maximum absolute atomic E-state index is 12.5. The van der Waals surface area contributed by atoms with Gasteiger partial charge in [-0.3, -0.25) is 0 Å². The first-order valence-corrected chi connectivity index (χ1v) is 7.62. The molecule has 2 rings (SSSR count). The zero-order valence-corrected chi connectivity index (χ0v) is 10.6. The van der Waals surface area contributed by atoms with Crippen molar-refractivity contribution in [1.82, 2.24) is 0 Å². The number of benzene rings is 1. The Morgan fingerprint density at radius 2 is 1.63 bits per heavy atom. The molecule has 1 fully saturated rings. The summed E-state index contributed by atoms with van der Waals surface area (Å²) in [7, 11) is -9.60. The minimum atomic E-state index is -9.60. The van der Waals surface area contributed by atoms with Crippen LogP contribution in [-0.4, -0.2) is 12.9 Å². The van der Waals surface area contributed by atoms with Crippen LogP contribution in [0.3, 0.4) is 0 Å². The lowest BCUT2D eigenvalue weighted by atomic mass is 10.2. The normalized spacial score (nSPS) is 24.4. The molecule has 1 heterocycles. The number of hydrogen-bond donors (Lipinski definition) is 0. The predicted octanol–water partition coefficient (Wildman–Crippen LogP) is 5.25. The molecule has 0 bridgehead atoms. The van der Waals surface area contributed by atoms with Gasteiger partial charge in [0.1, 0.15) is 10.6 Å². The van der Waals surface area contributed by atoms with Gasteiger partial charge in [0, 0.05) is 6.42 Å². The SMILES string of the molecule is FS(F)(F)(F)(F)c1ccc(OC2CCCCO2)cc1. The zero-order chi connectivity index (χ0) is 14.2. The molecule has 0 aromatic heterocycles. The van der Waals surface area contributed by atoms with Crippen LogP contribution in [0.2, 0.25) is 0 Å². The van der Waals surface area contributed by atoms with Crippen molar-refractivity contribution < 1.29 is 28.9 Å². The van der Waals surface area contributed by atoms with Crippen molar-refractivity contribution in [3.8, 4) is 5.75 Å². The van der Waals surface area contributed by atoms with E-state index in [9.17, 15) is 19.4 Å². The molecule has 0 amide bonds. The molecule has 1 aromatic rings. The molecule has 2 nitrogen and oxygen atoms in total. The summed E-state index contributed by atoms with van der Waals surface area (Å²) >= 11 is 0. The average Bonchev–Trinajstić information content (AvgIpc) is 2.28. The average molecular weight is 304 g/mol. The molecule has 0 saturated carbocycles. The van der Waals surface area contributed by atoms with Gasteiger partial charge in [-0.05, 0) is 37.1 Å². The third-order valence-corrected chi connectivity index (χ3v) is 3.84. The van der Waals surface area contributed by atoms with Crippen molar-refractivity contribution >= 4 is 10.2 Å². The standard InChI is InChI=1S/C11H13F5O2S/c12-19(13,14,15,16)10-6-4-9(5-7-10)18-11-3-1-2-8-17-11/h4-7,11H,1-3,8H2. The minimum Gasteiger partial charge on any atom is -0.465 e. The molecule has 0 aliphatic carbocycles. The molecule has 1 atom stereocenters. The second-order valence-corrected chi connectivity index (χ2v) is 6.76. The van der Waals surface area contributed by atoms with Gasteiger partial charge in [-0.15, -0.1) is 0 Å². The summed E-state index contributed by atoms with van der Waals surface area (Å²) in [6.07, 6.45) is 1.90. The smallest absolute Gasteiger partial charge is 0.310 e. The lowest BCUT2D eigenvalue weighted by Gasteiger charge is -2.40. The molecule has 1 unspecified atom stereocenters. The lowest BCUT2D eigenvalue weighted by molar-refractivity contribution is -0.105. The van der Waals surface area contributed by atoms with Crippen molar-refractivity contribution in [3.05, 3.63) is 24.3 Å². The Hall–Kier alpha value is -1.02. The van der Waals surface area contributed by atoms with E-state index < -0.39 is 21.4 Å². The van der Waals surface area contributed by atoms with E-state index in [0.29, 0.717) is 25.2 Å². The fourth-order valence-electron chi connectivity index (χ4n) is 1.73. The Balaban J connectivity index is 2.11. The molecule has 0 N–H and O–H groups in total.